The molecule has 0 atom stereocenters. The maximum atomic E-state index is 12.5. The quantitative estimate of drug-likeness (QED) is 0.697. The standard InChI is InChI=1S/C15H24N4O2/c1-13(14-11-17-12-14)15(20)19(4-2-3-16)6-5-18-7-9-21-10-8-18/h17H,2,4-12H2,1H3. The predicted molar refractivity (Wildman–Crippen MR) is 79.6 cm³/mol. The molecule has 2 heterocycles. The van der Waals surface area contributed by atoms with Gasteiger partial charge >= 0.3 is 0 Å². The van der Waals surface area contributed by atoms with Crippen molar-refractivity contribution < 1.29 is 9.53 Å². The van der Waals surface area contributed by atoms with E-state index in [1.54, 1.807) is 0 Å². The molecule has 6 nitrogen and oxygen atoms in total. The van der Waals surface area contributed by atoms with Crippen molar-refractivity contribution in [3.8, 4) is 6.07 Å². The van der Waals surface area contributed by atoms with Crippen LogP contribution in [0.2, 0.25) is 0 Å². The van der Waals surface area contributed by atoms with E-state index < -0.39 is 0 Å². The Labute approximate surface area is 126 Å². The van der Waals surface area contributed by atoms with Gasteiger partial charge < -0.3 is 15.0 Å². The minimum Gasteiger partial charge on any atom is -0.379 e. The summed E-state index contributed by atoms with van der Waals surface area (Å²) in [6, 6.07) is 2.13. The highest BCUT2D eigenvalue weighted by molar-refractivity contribution is 5.94. The van der Waals surface area contributed by atoms with Crippen molar-refractivity contribution in [1.82, 2.24) is 15.1 Å². The van der Waals surface area contributed by atoms with Crippen molar-refractivity contribution in [2.75, 3.05) is 59.0 Å². The molecule has 0 radical (unpaired) electrons. The number of nitrogens with zero attached hydrogens (tertiary/aromatic N) is 3. The molecule has 0 bridgehead atoms. The Bertz CT molecular complexity index is 429. The van der Waals surface area contributed by atoms with Crippen LogP contribution >= 0.6 is 0 Å². The van der Waals surface area contributed by atoms with E-state index in [4.69, 9.17) is 10.00 Å². The molecule has 0 spiro atoms. The fourth-order valence-corrected chi connectivity index (χ4v) is 2.49. The molecule has 2 rings (SSSR count). The van der Waals surface area contributed by atoms with Crippen LogP contribution in [0.4, 0.5) is 0 Å². The second-order valence-electron chi connectivity index (χ2n) is 5.49. The lowest BCUT2D eigenvalue weighted by Crippen LogP contribution is -2.44. The molecule has 2 saturated heterocycles. The van der Waals surface area contributed by atoms with E-state index in [1.165, 1.54) is 5.57 Å². The predicted octanol–water partition coefficient (Wildman–Crippen LogP) is -0.0194. The van der Waals surface area contributed by atoms with Gasteiger partial charge in [0.25, 0.3) is 0 Å². The van der Waals surface area contributed by atoms with Gasteiger partial charge in [0.2, 0.25) is 5.91 Å². The number of carbonyl (C=O) groups excluding carboxylic acids is 1. The Morgan fingerprint density at radius 3 is 2.67 bits per heavy atom. The Kier molecular flexibility index (Phi) is 6.18. The first-order valence-electron chi connectivity index (χ1n) is 7.58. The number of hydrogen-bond donors (Lipinski definition) is 1. The first kappa shape index (κ1) is 16.0. The molecule has 0 saturated carbocycles. The molecule has 2 aliphatic rings. The second kappa shape index (κ2) is 8.13. The van der Waals surface area contributed by atoms with Gasteiger partial charge in [0, 0.05) is 51.4 Å². The number of hydrogen-bond acceptors (Lipinski definition) is 5. The lowest BCUT2D eigenvalue weighted by molar-refractivity contribution is -0.127. The van der Waals surface area contributed by atoms with Gasteiger partial charge in [-0.3, -0.25) is 9.69 Å². The summed E-state index contributed by atoms with van der Waals surface area (Å²) >= 11 is 0. The van der Waals surface area contributed by atoms with E-state index in [1.807, 2.05) is 11.8 Å². The molecular formula is C15H24N4O2. The first-order valence-corrected chi connectivity index (χ1v) is 7.58. The second-order valence-corrected chi connectivity index (χ2v) is 5.49. The van der Waals surface area contributed by atoms with Gasteiger partial charge in [-0.2, -0.15) is 5.26 Å². The maximum absolute atomic E-state index is 12.5. The zero-order valence-corrected chi connectivity index (χ0v) is 12.7. The summed E-state index contributed by atoms with van der Waals surface area (Å²) in [6.45, 7) is 8.93. The summed E-state index contributed by atoms with van der Waals surface area (Å²) in [7, 11) is 0. The highest BCUT2D eigenvalue weighted by atomic mass is 16.5. The lowest BCUT2D eigenvalue weighted by atomic mass is 10.0. The summed E-state index contributed by atoms with van der Waals surface area (Å²) in [4.78, 5) is 16.7. The lowest BCUT2D eigenvalue weighted by Gasteiger charge is -2.31. The minimum absolute atomic E-state index is 0.0787. The van der Waals surface area contributed by atoms with E-state index in [9.17, 15) is 4.79 Å². The number of morpholine rings is 1. The van der Waals surface area contributed by atoms with E-state index in [0.29, 0.717) is 19.5 Å². The average Bonchev–Trinajstić information content (AvgIpc) is 2.46. The number of nitrogens with one attached hydrogen (secondary N) is 1. The van der Waals surface area contributed by atoms with Gasteiger partial charge in [0.1, 0.15) is 0 Å². The zero-order valence-electron chi connectivity index (χ0n) is 12.7. The first-order chi connectivity index (χ1) is 10.2. The number of carbonyl (C=O) groups is 1. The zero-order chi connectivity index (χ0) is 15.1. The van der Waals surface area contributed by atoms with Crippen LogP contribution in [0.5, 0.6) is 0 Å². The van der Waals surface area contributed by atoms with Gasteiger partial charge in [-0.25, -0.2) is 0 Å². The van der Waals surface area contributed by atoms with Crippen molar-refractivity contribution in [3.63, 3.8) is 0 Å². The third-order valence-electron chi connectivity index (χ3n) is 4.10. The van der Waals surface area contributed by atoms with Crippen LogP contribution in [0.15, 0.2) is 11.1 Å². The summed E-state index contributed by atoms with van der Waals surface area (Å²) in [5.41, 5.74) is 2.03. The summed E-state index contributed by atoms with van der Waals surface area (Å²) in [5.74, 6) is 0.0787. The van der Waals surface area contributed by atoms with Crippen molar-refractivity contribution in [1.29, 1.82) is 5.26 Å². The SMILES string of the molecule is CC(C(=O)N(CCC#N)CCN1CCOCC1)=C1CNC1. The van der Waals surface area contributed by atoms with Crippen LogP contribution in [0.3, 0.4) is 0 Å². The molecule has 1 amide bonds. The average molecular weight is 292 g/mol. The molecule has 6 heteroatoms. The highest BCUT2D eigenvalue weighted by Crippen LogP contribution is 2.12. The Balaban J connectivity index is 1.90. The molecule has 0 aromatic rings. The molecule has 21 heavy (non-hydrogen) atoms. The van der Waals surface area contributed by atoms with Crippen molar-refractivity contribution >= 4 is 5.91 Å². The van der Waals surface area contributed by atoms with E-state index in [0.717, 1.165) is 51.5 Å². The van der Waals surface area contributed by atoms with Gasteiger partial charge in [-0.1, -0.05) is 0 Å². The molecule has 0 aliphatic carbocycles. The van der Waals surface area contributed by atoms with Crippen LogP contribution in [0, 0.1) is 11.3 Å². The van der Waals surface area contributed by atoms with Crippen LogP contribution in [-0.4, -0.2) is 74.7 Å². The fourth-order valence-electron chi connectivity index (χ4n) is 2.49. The molecule has 116 valence electrons. The van der Waals surface area contributed by atoms with Crippen molar-refractivity contribution in [2.24, 2.45) is 0 Å². The largest absolute Gasteiger partial charge is 0.379 e. The van der Waals surface area contributed by atoms with E-state index >= 15 is 0 Å². The molecule has 0 unspecified atom stereocenters. The smallest absolute Gasteiger partial charge is 0.249 e. The molecular weight excluding hydrogens is 268 g/mol. The monoisotopic (exact) mass is 292 g/mol. The van der Waals surface area contributed by atoms with Crippen LogP contribution in [0.25, 0.3) is 0 Å². The molecule has 2 fully saturated rings. The normalized spacial score (nSPS) is 18.8. The summed E-state index contributed by atoms with van der Waals surface area (Å²) in [6.07, 6.45) is 0.385. The van der Waals surface area contributed by atoms with Crippen LogP contribution in [0.1, 0.15) is 13.3 Å². The van der Waals surface area contributed by atoms with Crippen LogP contribution < -0.4 is 5.32 Å². The molecule has 1 N–H and O–H groups in total. The topological polar surface area (TPSA) is 68.6 Å². The number of amides is 1. The Morgan fingerprint density at radius 2 is 2.10 bits per heavy atom. The molecule has 0 aromatic carbocycles. The fraction of sp³-hybridized carbons (Fsp3) is 0.733. The third-order valence-corrected chi connectivity index (χ3v) is 4.10. The number of rotatable bonds is 6. The third kappa shape index (κ3) is 4.53. The van der Waals surface area contributed by atoms with Gasteiger partial charge in [0.15, 0.2) is 0 Å². The number of nitriles is 1. The highest BCUT2D eigenvalue weighted by Gasteiger charge is 2.21. The van der Waals surface area contributed by atoms with Crippen molar-refractivity contribution in [2.45, 2.75) is 13.3 Å². The molecule has 0 aromatic heterocycles. The van der Waals surface area contributed by atoms with Crippen LogP contribution in [-0.2, 0) is 9.53 Å². The Hall–Kier alpha value is -1.42. The molecule has 2 aliphatic heterocycles. The van der Waals surface area contributed by atoms with Gasteiger partial charge in [-0.15, -0.1) is 0 Å². The van der Waals surface area contributed by atoms with E-state index in [2.05, 4.69) is 16.3 Å². The maximum Gasteiger partial charge on any atom is 0.249 e. The van der Waals surface area contributed by atoms with Crippen molar-refractivity contribution in [3.05, 3.63) is 11.1 Å². The minimum atomic E-state index is 0.0787. The summed E-state index contributed by atoms with van der Waals surface area (Å²) < 4.78 is 5.33. The Morgan fingerprint density at radius 1 is 1.38 bits per heavy atom. The summed E-state index contributed by atoms with van der Waals surface area (Å²) in [5, 5.41) is 11.9. The van der Waals surface area contributed by atoms with Gasteiger partial charge in [0.05, 0.1) is 25.7 Å². The van der Waals surface area contributed by atoms with Gasteiger partial charge in [-0.05, 0) is 12.5 Å². The number of ether oxygens (including phenoxy) is 1. The van der Waals surface area contributed by atoms with E-state index in [-0.39, 0.29) is 5.91 Å².